The molecule has 120 valence electrons. The Morgan fingerprint density at radius 2 is 1.71 bits per heavy atom. The molecule has 0 radical (unpaired) electrons. The molecule has 1 saturated heterocycles. The molecule has 24 heavy (non-hydrogen) atoms. The number of morpholine rings is 1. The van der Waals surface area contributed by atoms with Gasteiger partial charge in [0.05, 0.1) is 13.2 Å². The minimum absolute atomic E-state index is 0.737. The molecule has 4 rings (SSSR count). The van der Waals surface area contributed by atoms with Gasteiger partial charge in [-0.3, -0.25) is 0 Å². The van der Waals surface area contributed by atoms with Crippen molar-refractivity contribution in [2.75, 3.05) is 31.2 Å². The van der Waals surface area contributed by atoms with Crippen LogP contribution in [0.25, 0.3) is 16.9 Å². The SMILES string of the molecule is c1ccc(-c2cc(N3CCOCC3)n[n+](-c3ccccn3)c2)cc1. The summed E-state index contributed by atoms with van der Waals surface area (Å²) in [5.41, 5.74) is 2.29. The van der Waals surface area contributed by atoms with Crippen LogP contribution < -0.4 is 9.58 Å². The highest BCUT2D eigenvalue weighted by atomic mass is 16.5. The van der Waals surface area contributed by atoms with E-state index < -0.39 is 0 Å². The van der Waals surface area contributed by atoms with E-state index in [1.165, 1.54) is 5.56 Å². The number of hydrogen-bond acceptors (Lipinski definition) is 4. The molecule has 5 nitrogen and oxygen atoms in total. The monoisotopic (exact) mass is 319 g/mol. The lowest BCUT2D eigenvalue weighted by Crippen LogP contribution is -2.42. The lowest BCUT2D eigenvalue weighted by Gasteiger charge is -2.27. The lowest BCUT2D eigenvalue weighted by molar-refractivity contribution is -0.661. The zero-order chi connectivity index (χ0) is 16.2. The Bertz CT molecular complexity index is 744. The molecule has 3 aromatic rings. The third-order valence-electron chi connectivity index (χ3n) is 4.08. The average molecular weight is 319 g/mol. The van der Waals surface area contributed by atoms with E-state index in [0.29, 0.717) is 0 Å². The number of nitrogens with zero attached hydrogens (tertiary/aromatic N) is 4. The van der Waals surface area contributed by atoms with Gasteiger partial charge in [-0.1, -0.05) is 46.2 Å². The molecule has 0 amide bonds. The fraction of sp³-hybridized carbons (Fsp3) is 0.211. The Labute approximate surface area is 141 Å². The summed E-state index contributed by atoms with van der Waals surface area (Å²) in [7, 11) is 0. The van der Waals surface area contributed by atoms with Crippen molar-refractivity contribution in [2.45, 2.75) is 0 Å². The van der Waals surface area contributed by atoms with Gasteiger partial charge in [-0.15, -0.1) is 0 Å². The lowest BCUT2D eigenvalue weighted by atomic mass is 10.1. The van der Waals surface area contributed by atoms with Gasteiger partial charge in [-0.2, -0.15) is 0 Å². The highest BCUT2D eigenvalue weighted by Crippen LogP contribution is 2.22. The minimum Gasteiger partial charge on any atom is -0.378 e. The molecule has 1 aliphatic heterocycles. The molecule has 0 spiro atoms. The van der Waals surface area contributed by atoms with Crippen LogP contribution in [0.5, 0.6) is 0 Å². The summed E-state index contributed by atoms with van der Waals surface area (Å²) < 4.78 is 7.32. The van der Waals surface area contributed by atoms with E-state index in [1.54, 1.807) is 6.20 Å². The highest BCUT2D eigenvalue weighted by molar-refractivity contribution is 5.64. The molecule has 1 fully saturated rings. The Kier molecular flexibility index (Phi) is 4.16. The molecule has 0 N–H and O–H groups in total. The summed E-state index contributed by atoms with van der Waals surface area (Å²) >= 11 is 0. The van der Waals surface area contributed by atoms with Crippen molar-refractivity contribution in [3.63, 3.8) is 0 Å². The summed E-state index contributed by atoms with van der Waals surface area (Å²) in [4.78, 5) is 6.69. The molecule has 3 heterocycles. The first-order valence-electron chi connectivity index (χ1n) is 8.14. The zero-order valence-electron chi connectivity index (χ0n) is 13.4. The van der Waals surface area contributed by atoms with Crippen LogP contribution >= 0.6 is 0 Å². The van der Waals surface area contributed by atoms with E-state index in [-0.39, 0.29) is 0 Å². The van der Waals surface area contributed by atoms with Gasteiger partial charge in [0, 0.05) is 24.7 Å². The van der Waals surface area contributed by atoms with Crippen molar-refractivity contribution in [1.29, 1.82) is 0 Å². The maximum absolute atomic E-state index is 5.46. The van der Waals surface area contributed by atoms with Crippen LogP contribution in [0.1, 0.15) is 0 Å². The van der Waals surface area contributed by atoms with Gasteiger partial charge >= 0.3 is 5.82 Å². The van der Waals surface area contributed by atoms with Gasteiger partial charge in [0.2, 0.25) is 0 Å². The molecule has 0 atom stereocenters. The predicted molar refractivity (Wildman–Crippen MR) is 92.0 cm³/mol. The second kappa shape index (κ2) is 6.76. The standard InChI is InChI=1S/C19H19N4O/c1-2-6-16(7-3-1)17-14-19(22-10-12-24-13-11-22)21-23(15-17)18-8-4-5-9-20-18/h1-9,14-15H,10-13H2/q+1. The molecule has 0 aliphatic carbocycles. The van der Waals surface area contributed by atoms with Gasteiger partial charge in [-0.25, -0.2) is 0 Å². The van der Waals surface area contributed by atoms with Gasteiger partial charge in [0.15, 0.2) is 5.82 Å². The van der Waals surface area contributed by atoms with Gasteiger partial charge in [-0.05, 0) is 22.7 Å². The van der Waals surface area contributed by atoms with Gasteiger partial charge < -0.3 is 9.64 Å². The van der Waals surface area contributed by atoms with Crippen LogP contribution in [0.4, 0.5) is 5.82 Å². The van der Waals surface area contributed by atoms with Crippen molar-refractivity contribution < 1.29 is 9.42 Å². The van der Waals surface area contributed by atoms with Crippen molar-refractivity contribution in [3.05, 3.63) is 67.0 Å². The number of aromatic nitrogens is 3. The van der Waals surface area contributed by atoms with Gasteiger partial charge in [0.1, 0.15) is 12.4 Å². The van der Waals surface area contributed by atoms with Crippen molar-refractivity contribution in [3.8, 4) is 16.9 Å². The van der Waals surface area contributed by atoms with Gasteiger partial charge in [0.25, 0.3) is 0 Å². The normalized spacial score (nSPS) is 14.6. The second-order valence-electron chi connectivity index (χ2n) is 5.68. The van der Waals surface area contributed by atoms with Crippen LogP contribution in [0.15, 0.2) is 67.0 Å². The number of hydrogen-bond donors (Lipinski definition) is 0. The number of pyridine rings is 1. The van der Waals surface area contributed by atoms with Crippen LogP contribution in [0.3, 0.4) is 0 Å². The first kappa shape index (κ1) is 14.8. The predicted octanol–water partition coefficient (Wildman–Crippen LogP) is 2.26. The molecule has 1 aromatic carbocycles. The minimum atomic E-state index is 0.737. The number of ether oxygens (including phenoxy) is 1. The van der Waals surface area contributed by atoms with Crippen LogP contribution in [-0.4, -0.2) is 36.4 Å². The Morgan fingerprint density at radius 3 is 2.46 bits per heavy atom. The van der Waals surface area contributed by atoms with Crippen LogP contribution in [-0.2, 0) is 4.74 Å². The third-order valence-corrected chi connectivity index (χ3v) is 4.08. The summed E-state index contributed by atoms with van der Waals surface area (Å²) in [5, 5.41) is 4.78. The summed E-state index contributed by atoms with van der Waals surface area (Å²) in [6.07, 6.45) is 3.81. The zero-order valence-corrected chi connectivity index (χ0v) is 13.4. The topological polar surface area (TPSA) is 42.1 Å². The number of benzene rings is 1. The van der Waals surface area contributed by atoms with E-state index in [9.17, 15) is 0 Å². The molecule has 2 aromatic heterocycles. The first-order valence-corrected chi connectivity index (χ1v) is 8.14. The smallest absolute Gasteiger partial charge is 0.348 e. The van der Waals surface area contributed by atoms with Crippen molar-refractivity contribution in [1.82, 2.24) is 10.1 Å². The second-order valence-corrected chi connectivity index (χ2v) is 5.68. The van der Waals surface area contributed by atoms with Crippen molar-refractivity contribution >= 4 is 5.82 Å². The fourth-order valence-electron chi connectivity index (χ4n) is 2.82. The summed E-state index contributed by atoms with van der Waals surface area (Å²) in [5.74, 6) is 1.76. The highest BCUT2D eigenvalue weighted by Gasteiger charge is 2.18. The Balaban J connectivity index is 1.81. The van der Waals surface area contributed by atoms with E-state index in [0.717, 1.165) is 43.5 Å². The van der Waals surface area contributed by atoms with E-state index in [1.807, 2.05) is 35.1 Å². The van der Waals surface area contributed by atoms with Crippen molar-refractivity contribution in [2.24, 2.45) is 0 Å². The summed E-state index contributed by atoms with van der Waals surface area (Å²) in [6.45, 7) is 3.18. The van der Waals surface area contributed by atoms with Crippen LogP contribution in [0.2, 0.25) is 0 Å². The largest absolute Gasteiger partial charge is 0.378 e. The molecule has 1 aliphatic rings. The molecule has 0 bridgehead atoms. The number of anilines is 1. The maximum atomic E-state index is 5.46. The van der Waals surface area contributed by atoms with Crippen LogP contribution in [0, 0.1) is 0 Å². The molecule has 0 unspecified atom stereocenters. The number of rotatable bonds is 3. The van der Waals surface area contributed by atoms with E-state index in [4.69, 9.17) is 9.84 Å². The maximum Gasteiger partial charge on any atom is 0.348 e. The van der Waals surface area contributed by atoms with E-state index >= 15 is 0 Å². The first-order chi connectivity index (χ1) is 11.9. The molecular weight excluding hydrogens is 300 g/mol. The Morgan fingerprint density at radius 1 is 0.917 bits per heavy atom. The average Bonchev–Trinajstić information content (AvgIpc) is 2.70. The molecule has 0 saturated carbocycles. The molecule has 5 heteroatoms. The fourth-order valence-corrected chi connectivity index (χ4v) is 2.82. The summed E-state index contributed by atoms with van der Waals surface area (Å²) in [6, 6.07) is 18.3. The quantitative estimate of drug-likeness (QED) is 0.695. The Hall–Kier alpha value is -2.79. The molecular formula is C19H19N4O+. The third kappa shape index (κ3) is 3.12. The van der Waals surface area contributed by atoms with E-state index in [2.05, 4.69) is 40.2 Å².